The Kier molecular flexibility index (Phi) is 8.09. The van der Waals surface area contributed by atoms with E-state index >= 15 is 0 Å². The predicted molar refractivity (Wildman–Crippen MR) is 147 cm³/mol. The topological polar surface area (TPSA) is 105 Å². The molecule has 0 fully saturated rings. The highest BCUT2D eigenvalue weighted by atomic mass is 79.9. The number of rotatable bonds is 9. The maximum absolute atomic E-state index is 13.6. The van der Waals surface area contributed by atoms with E-state index in [9.17, 15) is 18.0 Å². The molecule has 1 unspecified atom stereocenters. The molecule has 1 N–H and O–H groups in total. The minimum Gasteiger partial charge on any atom is -0.493 e. The van der Waals surface area contributed by atoms with Crippen LogP contribution in [0.5, 0.6) is 5.75 Å². The number of nitrogens with one attached hydrogen (secondary N) is 1. The maximum Gasteiger partial charge on any atom is 0.267 e. The largest absolute Gasteiger partial charge is 0.493 e. The lowest BCUT2D eigenvalue weighted by atomic mass is 10.1. The van der Waals surface area contributed by atoms with Gasteiger partial charge in [-0.3, -0.25) is 13.9 Å². The van der Waals surface area contributed by atoms with E-state index < -0.39 is 20.8 Å². The molecule has 1 atom stereocenters. The second-order valence-electron chi connectivity index (χ2n) is 8.54. The number of amides is 1. The van der Waals surface area contributed by atoms with Crippen molar-refractivity contribution in [3.8, 4) is 5.75 Å². The van der Waals surface area contributed by atoms with Gasteiger partial charge in [0.15, 0.2) is 11.1 Å². The molecule has 0 radical (unpaired) electrons. The summed E-state index contributed by atoms with van der Waals surface area (Å²) >= 11 is 3.35. The molecule has 1 aliphatic rings. The Balaban J connectivity index is 1.56. The van der Waals surface area contributed by atoms with Crippen LogP contribution in [0.2, 0.25) is 0 Å². The van der Waals surface area contributed by atoms with Gasteiger partial charge < -0.3 is 10.1 Å². The van der Waals surface area contributed by atoms with Gasteiger partial charge in [0.05, 0.1) is 18.0 Å². The van der Waals surface area contributed by atoms with Gasteiger partial charge in [0.25, 0.3) is 10.0 Å². The molecule has 8 nitrogen and oxygen atoms in total. The maximum atomic E-state index is 13.6. The van der Waals surface area contributed by atoms with E-state index in [0.29, 0.717) is 24.0 Å². The molecule has 0 bridgehead atoms. The smallest absolute Gasteiger partial charge is 0.267 e. The summed E-state index contributed by atoms with van der Waals surface area (Å²) in [5, 5.41) is 2.69. The average molecular weight is 584 g/mol. The number of hydrogen-bond donors (Lipinski definition) is 1. The minimum atomic E-state index is -3.97. The lowest BCUT2D eigenvalue weighted by molar-refractivity contribution is -0.114. The highest BCUT2D eigenvalue weighted by Crippen LogP contribution is 2.34. The minimum absolute atomic E-state index is 0.0336. The highest BCUT2D eigenvalue weighted by molar-refractivity contribution is 9.10. The fourth-order valence-electron chi connectivity index (χ4n) is 3.99. The van der Waals surface area contributed by atoms with E-state index in [2.05, 4.69) is 26.2 Å². The van der Waals surface area contributed by atoms with Crippen molar-refractivity contribution < 1.29 is 22.7 Å². The molecule has 37 heavy (non-hydrogen) atoms. The highest BCUT2D eigenvalue weighted by Gasteiger charge is 2.38. The number of ether oxygens (including phenoxy) is 1. The third-order valence-corrected chi connectivity index (χ3v) is 8.50. The van der Waals surface area contributed by atoms with Gasteiger partial charge in [-0.25, -0.2) is 13.4 Å². The van der Waals surface area contributed by atoms with Crippen molar-refractivity contribution in [2.75, 3.05) is 18.5 Å². The molecular formula is C27H26BrN3O5S. The van der Waals surface area contributed by atoms with Crippen molar-refractivity contribution >= 4 is 55.4 Å². The van der Waals surface area contributed by atoms with Gasteiger partial charge in [0, 0.05) is 18.5 Å². The fraction of sp³-hybridized carbons (Fsp3) is 0.222. The zero-order valence-electron chi connectivity index (χ0n) is 20.3. The number of carbonyl (C=O) groups excluding carboxylic acids is 2. The Labute approximate surface area is 224 Å². The molecule has 192 valence electrons. The molecule has 4 rings (SSSR count). The SMILES string of the molecule is Cc1ccc(OCCCN2C(C(Br)C(=O)Nc3ccccc3C=O)=Nc3ccccc3S2(=O)=O)c(C)c1. The number of aliphatic imine (C=N–C) groups is 1. The van der Waals surface area contributed by atoms with Crippen LogP contribution < -0.4 is 10.1 Å². The molecule has 0 saturated heterocycles. The monoisotopic (exact) mass is 583 g/mol. The normalized spacial score (nSPS) is 14.8. The second kappa shape index (κ2) is 11.3. The summed E-state index contributed by atoms with van der Waals surface area (Å²) in [5.74, 6) is 0.211. The summed E-state index contributed by atoms with van der Waals surface area (Å²) in [7, 11) is -3.97. The van der Waals surface area contributed by atoms with Crippen LogP contribution in [0.4, 0.5) is 11.4 Å². The molecule has 10 heteroatoms. The number of para-hydroxylation sites is 2. The van der Waals surface area contributed by atoms with Gasteiger partial charge in [-0.2, -0.15) is 0 Å². The number of aryl methyl sites for hydroxylation is 2. The number of aldehydes is 1. The molecule has 0 spiro atoms. The zero-order valence-corrected chi connectivity index (χ0v) is 22.8. The summed E-state index contributed by atoms with van der Waals surface area (Å²) in [4.78, 5) is 28.0. The van der Waals surface area contributed by atoms with Gasteiger partial charge in [-0.15, -0.1) is 0 Å². The van der Waals surface area contributed by atoms with Crippen molar-refractivity contribution in [3.63, 3.8) is 0 Å². The number of sulfonamides is 1. The first-order chi connectivity index (χ1) is 17.7. The number of amidine groups is 1. The van der Waals surface area contributed by atoms with Gasteiger partial charge in [-0.1, -0.05) is 57.9 Å². The Morgan fingerprint density at radius 3 is 2.59 bits per heavy atom. The summed E-state index contributed by atoms with van der Waals surface area (Å²) < 4.78 is 34.2. The van der Waals surface area contributed by atoms with Gasteiger partial charge in [0.1, 0.15) is 16.5 Å². The van der Waals surface area contributed by atoms with Crippen LogP contribution in [0, 0.1) is 13.8 Å². The van der Waals surface area contributed by atoms with Crippen LogP contribution in [-0.4, -0.2) is 48.7 Å². The number of alkyl halides is 1. The van der Waals surface area contributed by atoms with E-state index in [4.69, 9.17) is 4.74 Å². The number of fused-ring (bicyclic) bond motifs is 1. The number of benzene rings is 3. The Morgan fingerprint density at radius 2 is 1.84 bits per heavy atom. The number of nitrogens with zero attached hydrogens (tertiary/aromatic N) is 2. The van der Waals surface area contributed by atoms with Crippen LogP contribution in [0.3, 0.4) is 0 Å². The molecule has 0 aliphatic carbocycles. The number of carbonyl (C=O) groups is 2. The van der Waals surface area contributed by atoms with Gasteiger partial charge in [-0.05, 0) is 49.7 Å². The predicted octanol–water partition coefficient (Wildman–Crippen LogP) is 5.02. The molecule has 3 aromatic rings. The van der Waals surface area contributed by atoms with E-state index in [1.165, 1.54) is 6.07 Å². The molecule has 1 aliphatic heterocycles. The third-order valence-electron chi connectivity index (χ3n) is 5.82. The standard InChI is InChI=1S/C27H26BrN3O5S/c1-18-12-13-23(19(2)16-18)36-15-7-14-31-26(29-22-10-5-6-11-24(22)37(31,34)35)25(28)27(33)30-21-9-4-3-8-20(21)17-32/h3-6,8-13,16-17,25H,7,14-15H2,1-2H3,(H,30,33). The van der Waals surface area contributed by atoms with Crippen LogP contribution in [0.15, 0.2) is 76.6 Å². The van der Waals surface area contributed by atoms with Crippen molar-refractivity contribution in [2.45, 2.75) is 30.0 Å². The van der Waals surface area contributed by atoms with Crippen LogP contribution in [-0.2, 0) is 14.8 Å². The van der Waals surface area contributed by atoms with Crippen LogP contribution in [0.25, 0.3) is 0 Å². The molecule has 1 heterocycles. The average Bonchev–Trinajstić information content (AvgIpc) is 2.88. The van der Waals surface area contributed by atoms with Crippen LogP contribution in [0.1, 0.15) is 27.9 Å². The summed E-state index contributed by atoms with van der Waals surface area (Å²) in [5.41, 5.74) is 3.00. The number of anilines is 1. The van der Waals surface area contributed by atoms with Gasteiger partial charge >= 0.3 is 0 Å². The zero-order chi connectivity index (χ0) is 26.6. The Bertz CT molecular complexity index is 1470. The fourth-order valence-corrected chi connectivity index (χ4v) is 6.21. The number of halogens is 1. The van der Waals surface area contributed by atoms with Crippen molar-refractivity contribution in [2.24, 2.45) is 4.99 Å². The van der Waals surface area contributed by atoms with E-state index in [-0.39, 0.29) is 29.6 Å². The Hall–Kier alpha value is -3.50. The summed E-state index contributed by atoms with van der Waals surface area (Å²) in [6, 6.07) is 18.8. The number of hydrogen-bond acceptors (Lipinski definition) is 6. The van der Waals surface area contributed by atoms with Crippen molar-refractivity contribution in [3.05, 3.63) is 83.4 Å². The molecule has 1 amide bonds. The Morgan fingerprint density at radius 1 is 1.11 bits per heavy atom. The van der Waals surface area contributed by atoms with Crippen LogP contribution >= 0.6 is 15.9 Å². The molecule has 0 saturated carbocycles. The first-order valence-electron chi connectivity index (χ1n) is 11.6. The summed E-state index contributed by atoms with van der Waals surface area (Å²) in [6.45, 7) is 4.29. The lowest BCUT2D eigenvalue weighted by Gasteiger charge is -2.31. The second-order valence-corrected chi connectivity index (χ2v) is 11.3. The molecular weight excluding hydrogens is 558 g/mol. The first kappa shape index (κ1) is 26.6. The van der Waals surface area contributed by atoms with E-state index in [1.54, 1.807) is 42.5 Å². The molecule has 3 aromatic carbocycles. The van der Waals surface area contributed by atoms with E-state index in [0.717, 1.165) is 21.2 Å². The van der Waals surface area contributed by atoms with Crippen molar-refractivity contribution in [1.29, 1.82) is 0 Å². The lowest BCUT2D eigenvalue weighted by Crippen LogP contribution is -2.47. The van der Waals surface area contributed by atoms with E-state index in [1.807, 2.05) is 32.0 Å². The summed E-state index contributed by atoms with van der Waals surface area (Å²) in [6.07, 6.45) is 1.00. The van der Waals surface area contributed by atoms with Crippen molar-refractivity contribution in [1.82, 2.24) is 4.31 Å². The first-order valence-corrected chi connectivity index (χ1v) is 14.0. The third kappa shape index (κ3) is 5.75. The molecule has 0 aromatic heterocycles. The van der Waals surface area contributed by atoms with Gasteiger partial charge in [0.2, 0.25) is 5.91 Å². The quantitative estimate of drug-likeness (QED) is 0.216.